The van der Waals surface area contributed by atoms with Crippen LogP contribution in [-0.2, 0) is 12.7 Å². The summed E-state index contributed by atoms with van der Waals surface area (Å²) in [7, 11) is 0. The van der Waals surface area contributed by atoms with Crippen LogP contribution in [0.5, 0.6) is 0 Å². The van der Waals surface area contributed by atoms with E-state index >= 15 is 0 Å². The van der Waals surface area contributed by atoms with Crippen LogP contribution in [0, 0.1) is 13.8 Å². The minimum Gasteiger partial charge on any atom is -0.364 e. The third-order valence-corrected chi connectivity index (χ3v) is 3.40. The number of aromatic nitrogens is 2. The number of alkyl halides is 3. The van der Waals surface area contributed by atoms with Crippen LogP contribution in [0.3, 0.4) is 0 Å². The van der Waals surface area contributed by atoms with Gasteiger partial charge in [0.2, 0.25) is 0 Å². The molecule has 7 heteroatoms. The molecule has 0 amide bonds. The van der Waals surface area contributed by atoms with Gasteiger partial charge in [0.1, 0.15) is 11.5 Å². The standard InChI is InChI=1S/C12H12F3N3S/c1-7-9(17-8(2)19-7)6-16-11-5-3-4-10(18-11)12(13,14)15/h3-5H,6H2,1-2H3,(H,16,18). The Morgan fingerprint density at radius 1 is 1.21 bits per heavy atom. The van der Waals surface area contributed by atoms with Crippen molar-refractivity contribution in [3.05, 3.63) is 39.5 Å². The maximum atomic E-state index is 12.5. The summed E-state index contributed by atoms with van der Waals surface area (Å²) in [6, 6.07) is 3.78. The number of nitrogens with zero attached hydrogens (tertiary/aromatic N) is 2. The van der Waals surface area contributed by atoms with E-state index in [9.17, 15) is 13.2 Å². The molecule has 0 bridgehead atoms. The molecule has 1 N–H and O–H groups in total. The molecule has 0 aliphatic carbocycles. The summed E-state index contributed by atoms with van der Waals surface area (Å²) in [6.07, 6.45) is -4.43. The van der Waals surface area contributed by atoms with Crippen LogP contribution in [0.25, 0.3) is 0 Å². The first-order valence-electron chi connectivity index (χ1n) is 5.57. The number of rotatable bonds is 3. The van der Waals surface area contributed by atoms with Gasteiger partial charge >= 0.3 is 6.18 Å². The number of pyridine rings is 1. The van der Waals surface area contributed by atoms with Gasteiger partial charge < -0.3 is 5.32 Å². The zero-order chi connectivity index (χ0) is 14.0. The van der Waals surface area contributed by atoms with Crippen LogP contribution in [0.15, 0.2) is 18.2 Å². The van der Waals surface area contributed by atoms with Crippen LogP contribution < -0.4 is 5.32 Å². The molecule has 2 heterocycles. The quantitative estimate of drug-likeness (QED) is 0.933. The lowest BCUT2D eigenvalue weighted by atomic mass is 10.3. The Balaban J connectivity index is 2.10. The first-order valence-corrected chi connectivity index (χ1v) is 6.39. The van der Waals surface area contributed by atoms with Crippen LogP contribution in [0.1, 0.15) is 21.3 Å². The number of halogens is 3. The van der Waals surface area contributed by atoms with E-state index in [0.717, 1.165) is 21.6 Å². The van der Waals surface area contributed by atoms with Gasteiger partial charge in [0.05, 0.1) is 17.2 Å². The molecule has 3 nitrogen and oxygen atoms in total. The fraction of sp³-hybridized carbons (Fsp3) is 0.333. The molecule has 0 fully saturated rings. The summed E-state index contributed by atoms with van der Waals surface area (Å²) in [5.74, 6) is 0.194. The van der Waals surface area contributed by atoms with Crippen molar-refractivity contribution < 1.29 is 13.2 Å². The third-order valence-electron chi connectivity index (χ3n) is 2.48. The Labute approximate surface area is 112 Å². The highest BCUT2D eigenvalue weighted by Gasteiger charge is 2.32. The highest BCUT2D eigenvalue weighted by Crippen LogP contribution is 2.28. The van der Waals surface area contributed by atoms with Crippen LogP contribution >= 0.6 is 11.3 Å². The number of nitrogens with one attached hydrogen (secondary N) is 1. The van der Waals surface area contributed by atoms with Gasteiger partial charge in [-0.15, -0.1) is 11.3 Å². The van der Waals surface area contributed by atoms with Gasteiger partial charge in [-0.25, -0.2) is 9.97 Å². The SMILES string of the molecule is Cc1nc(CNc2cccc(C(F)(F)F)n2)c(C)s1. The average molecular weight is 287 g/mol. The molecule has 0 atom stereocenters. The van der Waals surface area contributed by atoms with Crippen molar-refractivity contribution in [1.82, 2.24) is 9.97 Å². The molecule has 0 aromatic carbocycles. The third kappa shape index (κ3) is 3.44. The summed E-state index contributed by atoms with van der Waals surface area (Å²) in [6.45, 7) is 4.19. The van der Waals surface area contributed by atoms with E-state index in [1.54, 1.807) is 11.3 Å². The van der Waals surface area contributed by atoms with Gasteiger partial charge in [-0.05, 0) is 26.0 Å². The Bertz CT molecular complexity index is 578. The normalized spacial score (nSPS) is 11.6. The largest absolute Gasteiger partial charge is 0.433 e. The number of aryl methyl sites for hydroxylation is 2. The summed E-state index contributed by atoms with van der Waals surface area (Å²) in [4.78, 5) is 8.89. The van der Waals surface area contributed by atoms with E-state index in [1.165, 1.54) is 12.1 Å². The van der Waals surface area contributed by atoms with Crippen molar-refractivity contribution in [3.8, 4) is 0 Å². The number of anilines is 1. The fourth-order valence-corrected chi connectivity index (χ4v) is 2.44. The predicted octanol–water partition coefficient (Wildman–Crippen LogP) is 3.79. The molecule has 0 saturated carbocycles. The van der Waals surface area contributed by atoms with Crippen LogP contribution in [0.2, 0.25) is 0 Å². The van der Waals surface area contributed by atoms with Crippen molar-refractivity contribution >= 4 is 17.2 Å². The Morgan fingerprint density at radius 3 is 2.53 bits per heavy atom. The Morgan fingerprint density at radius 2 is 1.95 bits per heavy atom. The second-order valence-corrected chi connectivity index (χ2v) is 5.40. The molecule has 0 aliphatic rings. The summed E-state index contributed by atoms with van der Waals surface area (Å²) >= 11 is 1.56. The van der Waals surface area contributed by atoms with Gasteiger partial charge in [-0.2, -0.15) is 13.2 Å². The molecule has 0 spiro atoms. The fourth-order valence-electron chi connectivity index (χ4n) is 1.60. The summed E-state index contributed by atoms with van der Waals surface area (Å²) < 4.78 is 37.5. The van der Waals surface area contributed by atoms with Crippen molar-refractivity contribution in [1.29, 1.82) is 0 Å². The molecule has 2 aromatic rings. The lowest BCUT2D eigenvalue weighted by molar-refractivity contribution is -0.141. The van der Waals surface area contributed by atoms with E-state index in [0.29, 0.717) is 6.54 Å². The lowest BCUT2D eigenvalue weighted by Crippen LogP contribution is -2.10. The molecule has 102 valence electrons. The van der Waals surface area contributed by atoms with Crippen molar-refractivity contribution in [3.63, 3.8) is 0 Å². The molecule has 0 radical (unpaired) electrons. The Kier molecular flexibility index (Phi) is 3.75. The van der Waals surface area contributed by atoms with E-state index in [1.807, 2.05) is 13.8 Å². The molecule has 19 heavy (non-hydrogen) atoms. The number of thiazole rings is 1. The highest BCUT2D eigenvalue weighted by molar-refractivity contribution is 7.11. The van der Waals surface area contributed by atoms with Crippen LogP contribution in [0.4, 0.5) is 19.0 Å². The topological polar surface area (TPSA) is 37.8 Å². The lowest BCUT2D eigenvalue weighted by Gasteiger charge is -2.09. The molecular weight excluding hydrogens is 275 g/mol. The van der Waals surface area contributed by atoms with Gasteiger partial charge in [0.15, 0.2) is 0 Å². The monoisotopic (exact) mass is 287 g/mol. The van der Waals surface area contributed by atoms with Gasteiger partial charge in [-0.1, -0.05) is 6.07 Å². The molecule has 2 rings (SSSR count). The Hall–Kier alpha value is -1.63. The van der Waals surface area contributed by atoms with Crippen molar-refractivity contribution in [2.24, 2.45) is 0 Å². The van der Waals surface area contributed by atoms with Crippen LogP contribution in [-0.4, -0.2) is 9.97 Å². The maximum absolute atomic E-state index is 12.5. The highest BCUT2D eigenvalue weighted by atomic mass is 32.1. The molecule has 0 aliphatic heterocycles. The van der Waals surface area contributed by atoms with E-state index in [4.69, 9.17) is 0 Å². The number of hydrogen-bond donors (Lipinski definition) is 1. The first kappa shape index (κ1) is 13.8. The van der Waals surface area contributed by atoms with Gasteiger partial charge in [-0.3, -0.25) is 0 Å². The van der Waals surface area contributed by atoms with E-state index < -0.39 is 11.9 Å². The molecular formula is C12H12F3N3S. The molecule has 2 aromatic heterocycles. The zero-order valence-corrected chi connectivity index (χ0v) is 11.2. The van der Waals surface area contributed by atoms with Gasteiger partial charge in [0, 0.05) is 4.88 Å². The summed E-state index contributed by atoms with van der Waals surface area (Å²) in [5.41, 5.74) is -0.0645. The van der Waals surface area contributed by atoms with E-state index in [2.05, 4.69) is 15.3 Å². The second kappa shape index (κ2) is 5.16. The minimum atomic E-state index is -4.43. The van der Waals surface area contributed by atoms with Crippen molar-refractivity contribution in [2.75, 3.05) is 5.32 Å². The van der Waals surface area contributed by atoms with Crippen molar-refractivity contribution in [2.45, 2.75) is 26.6 Å². The first-order chi connectivity index (χ1) is 8.86. The molecule has 0 saturated heterocycles. The average Bonchev–Trinajstić information content (AvgIpc) is 2.64. The predicted molar refractivity (Wildman–Crippen MR) is 68.2 cm³/mol. The smallest absolute Gasteiger partial charge is 0.364 e. The zero-order valence-electron chi connectivity index (χ0n) is 10.4. The molecule has 0 unspecified atom stereocenters. The second-order valence-electron chi connectivity index (χ2n) is 4.00. The maximum Gasteiger partial charge on any atom is 0.433 e. The summed E-state index contributed by atoms with van der Waals surface area (Å²) in [5, 5.41) is 3.80. The van der Waals surface area contributed by atoms with Gasteiger partial charge in [0.25, 0.3) is 0 Å². The number of hydrogen-bond acceptors (Lipinski definition) is 4. The van der Waals surface area contributed by atoms with E-state index in [-0.39, 0.29) is 5.82 Å². The minimum absolute atomic E-state index is 0.194.